The van der Waals surface area contributed by atoms with Crippen LogP contribution in [0, 0.1) is 20.8 Å². The summed E-state index contributed by atoms with van der Waals surface area (Å²) < 4.78 is 0. The van der Waals surface area contributed by atoms with E-state index in [4.69, 9.17) is 0 Å². The number of nitrogens with one attached hydrogen (secondary N) is 1. The molecule has 0 radical (unpaired) electrons. The van der Waals surface area contributed by atoms with E-state index in [1.165, 1.54) is 33.4 Å². The highest BCUT2D eigenvalue weighted by atomic mass is 14.9. The predicted molar refractivity (Wildman–Crippen MR) is 88.1 cm³/mol. The summed E-state index contributed by atoms with van der Waals surface area (Å²) in [6, 6.07) is 14.0. The fraction of sp³-hybridized carbons (Fsp3) is 0.368. The number of aryl methyl sites for hydroxylation is 3. The van der Waals surface area contributed by atoms with Crippen molar-refractivity contribution in [3.05, 3.63) is 58.7 Å². The van der Waals surface area contributed by atoms with Crippen LogP contribution < -0.4 is 5.32 Å². The third-order valence-corrected chi connectivity index (χ3v) is 3.83. The molecule has 20 heavy (non-hydrogen) atoms. The third kappa shape index (κ3) is 3.49. The lowest BCUT2D eigenvalue weighted by Crippen LogP contribution is -2.21. The molecule has 2 aromatic carbocycles. The van der Waals surface area contributed by atoms with E-state index in [1.807, 2.05) is 0 Å². The SMILES string of the molecule is Cc1ccc(-c2cc(CNC(C)C)ccc2C)cc1C. The molecule has 0 amide bonds. The molecule has 0 heterocycles. The zero-order valence-corrected chi connectivity index (χ0v) is 13.2. The Morgan fingerprint density at radius 1 is 0.850 bits per heavy atom. The van der Waals surface area contributed by atoms with Gasteiger partial charge in [0.1, 0.15) is 0 Å². The van der Waals surface area contributed by atoms with Crippen LogP contribution in [0.2, 0.25) is 0 Å². The molecular weight excluding hydrogens is 242 g/mol. The minimum Gasteiger partial charge on any atom is -0.310 e. The molecule has 0 fully saturated rings. The lowest BCUT2D eigenvalue weighted by atomic mass is 9.95. The van der Waals surface area contributed by atoms with E-state index in [9.17, 15) is 0 Å². The zero-order chi connectivity index (χ0) is 14.7. The average Bonchev–Trinajstić information content (AvgIpc) is 2.41. The molecule has 0 aliphatic rings. The van der Waals surface area contributed by atoms with E-state index < -0.39 is 0 Å². The van der Waals surface area contributed by atoms with Gasteiger partial charge in [0.15, 0.2) is 0 Å². The molecule has 2 rings (SSSR count). The topological polar surface area (TPSA) is 12.0 Å². The van der Waals surface area contributed by atoms with Crippen molar-refractivity contribution in [3.63, 3.8) is 0 Å². The van der Waals surface area contributed by atoms with Gasteiger partial charge in [0.2, 0.25) is 0 Å². The first-order valence-corrected chi connectivity index (χ1v) is 7.38. The van der Waals surface area contributed by atoms with E-state index in [0.717, 1.165) is 6.54 Å². The normalized spacial score (nSPS) is 11.1. The van der Waals surface area contributed by atoms with Gasteiger partial charge >= 0.3 is 0 Å². The highest BCUT2D eigenvalue weighted by Crippen LogP contribution is 2.26. The standard InChI is InChI=1S/C19H25N/c1-13(2)20-12-17-8-6-15(4)19(11-17)18-9-7-14(3)16(5)10-18/h6-11,13,20H,12H2,1-5H3. The van der Waals surface area contributed by atoms with Gasteiger partial charge < -0.3 is 5.32 Å². The van der Waals surface area contributed by atoms with Gasteiger partial charge in [-0.05, 0) is 60.2 Å². The van der Waals surface area contributed by atoms with E-state index in [-0.39, 0.29) is 0 Å². The van der Waals surface area contributed by atoms with Crippen LogP contribution in [0.15, 0.2) is 36.4 Å². The van der Waals surface area contributed by atoms with E-state index in [1.54, 1.807) is 0 Å². The molecule has 0 aliphatic heterocycles. The Morgan fingerprint density at radius 2 is 1.55 bits per heavy atom. The van der Waals surface area contributed by atoms with Gasteiger partial charge in [0, 0.05) is 12.6 Å². The largest absolute Gasteiger partial charge is 0.310 e. The maximum atomic E-state index is 3.48. The van der Waals surface area contributed by atoms with E-state index >= 15 is 0 Å². The van der Waals surface area contributed by atoms with Crippen LogP contribution in [0.25, 0.3) is 11.1 Å². The first-order valence-electron chi connectivity index (χ1n) is 7.38. The molecule has 0 aromatic heterocycles. The summed E-state index contributed by atoms with van der Waals surface area (Å²) in [4.78, 5) is 0. The molecule has 0 saturated carbocycles. The Labute approximate surface area is 123 Å². The average molecular weight is 267 g/mol. The summed E-state index contributed by atoms with van der Waals surface area (Å²) in [7, 11) is 0. The first-order chi connectivity index (χ1) is 9.47. The number of hydrogen-bond acceptors (Lipinski definition) is 1. The van der Waals surface area contributed by atoms with Crippen molar-refractivity contribution < 1.29 is 0 Å². The van der Waals surface area contributed by atoms with Crippen LogP contribution in [-0.4, -0.2) is 6.04 Å². The molecule has 2 aromatic rings. The van der Waals surface area contributed by atoms with Crippen LogP contribution in [0.5, 0.6) is 0 Å². The van der Waals surface area contributed by atoms with Gasteiger partial charge in [0.05, 0.1) is 0 Å². The molecule has 0 saturated heterocycles. The molecule has 1 heteroatoms. The van der Waals surface area contributed by atoms with Gasteiger partial charge in [0.25, 0.3) is 0 Å². The minimum absolute atomic E-state index is 0.515. The number of hydrogen-bond donors (Lipinski definition) is 1. The fourth-order valence-electron chi connectivity index (χ4n) is 2.32. The van der Waals surface area contributed by atoms with Crippen molar-refractivity contribution in [2.24, 2.45) is 0 Å². The second-order valence-corrected chi connectivity index (χ2v) is 5.98. The summed E-state index contributed by atoms with van der Waals surface area (Å²) in [5.41, 5.74) is 8.05. The van der Waals surface area contributed by atoms with E-state index in [2.05, 4.69) is 76.3 Å². The molecular formula is C19H25N. The molecule has 0 atom stereocenters. The Hall–Kier alpha value is -1.60. The summed E-state index contributed by atoms with van der Waals surface area (Å²) >= 11 is 0. The zero-order valence-electron chi connectivity index (χ0n) is 13.2. The van der Waals surface area contributed by atoms with Gasteiger partial charge in [-0.25, -0.2) is 0 Å². The Balaban J connectivity index is 2.34. The predicted octanol–water partition coefficient (Wildman–Crippen LogP) is 4.78. The fourth-order valence-corrected chi connectivity index (χ4v) is 2.32. The summed E-state index contributed by atoms with van der Waals surface area (Å²) in [5.74, 6) is 0. The highest BCUT2D eigenvalue weighted by Gasteiger charge is 2.05. The van der Waals surface area contributed by atoms with Crippen molar-refractivity contribution in [1.29, 1.82) is 0 Å². The highest BCUT2D eigenvalue weighted by molar-refractivity contribution is 5.69. The maximum Gasteiger partial charge on any atom is 0.0208 e. The molecule has 0 unspecified atom stereocenters. The van der Waals surface area contributed by atoms with Crippen LogP contribution in [0.4, 0.5) is 0 Å². The second kappa shape index (κ2) is 6.23. The van der Waals surface area contributed by atoms with Gasteiger partial charge in [-0.2, -0.15) is 0 Å². The lowest BCUT2D eigenvalue weighted by molar-refractivity contribution is 0.589. The van der Waals surface area contributed by atoms with Crippen molar-refractivity contribution in [3.8, 4) is 11.1 Å². The maximum absolute atomic E-state index is 3.48. The van der Waals surface area contributed by atoms with Gasteiger partial charge in [-0.1, -0.05) is 44.2 Å². The van der Waals surface area contributed by atoms with Crippen LogP contribution in [0.3, 0.4) is 0 Å². The Kier molecular flexibility index (Phi) is 4.61. The molecule has 1 nitrogen and oxygen atoms in total. The second-order valence-electron chi connectivity index (χ2n) is 5.98. The Bertz CT molecular complexity index is 597. The van der Waals surface area contributed by atoms with Crippen molar-refractivity contribution in [2.45, 2.75) is 47.2 Å². The molecule has 0 aliphatic carbocycles. The van der Waals surface area contributed by atoms with Crippen molar-refractivity contribution in [2.75, 3.05) is 0 Å². The minimum atomic E-state index is 0.515. The van der Waals surface area contributed by atoms with Gasteiger partial charge in [-0.15, -0.1) is 0 Å². The van der Waals surface area contributed by atoms with Crippen LogP contribution in [0.1, 0.15) is 36.1 Å². The van der Waals surface area contributed by atoms with Crippen LogP contribution in [-0.2, 0) is 6.54 Å². The Morgan fingerprint density at radius 3 is 2.20 bits per heavy atom. The van der Waals surface area contributed by atoms with Crippen LogP contribution >= 0.6 is 0 Å². The van der Waals surface area contributed by atoms with E-state index in [0.29, 0.717) is 6.04 Å². The summed E-state index contributed by atoms with van der Waals surface area (Å²) in [6.07, 6.45) is 0. The number of benzene rings is 2. The number of rotatable bonds is 4. The summed E-state index contributed by atoms with van der Waals surface area (Å²) in [5, 5.41) is 3.48. The third-order valence-electron chi connectivity index (χ3n) is 3.83. The first kappa shape index (κ1) is 14.8. The van der Waals surface area contributed by atoms with Crippen molar-refractivity contribution in [1.82, 2.24) is 5.32 Å². The lowest BCUT2D eigenvalue weighted by Gasteiger charge is -2.13. The summed E-state index contributed by atoms with van der Waals surface area (Å²) in [6.45, 7) is 11.8. The smallest absolute Gasteiger partial charge is 0.0208 e. The molecule has 106 valence electrons. The molecule has 1 N–H and O–H groups in total. The monoisotopic (exact) mass is 267 g/mol. The molecule has 0 spiro atoms. The van der Waals surface area contributed by atoms with Crippen molar-refractivity contribution >= 4 is 0 Å². The quantitative estimate of drug-likeness (QED) is 0.841. The molecule has 0 bridgehead atoms. The van der Waals surface area contributed by atoms with Gasteiger partial charge in [-0.3, -0.25) is 0 Å².